The van der Waals surface area contributed by atoms with Gasteiger partial charge in [0.1, 0.15) is 0 Å². The molecule has 6 heteroatoms. The Balaban J connectivity index is 3.47. The summed E-state index contributed by atoms with van der Waals surface area (Å²) in [4.78, 5) is 11.2. The van der Waals surface area contributed by atoms with E-state index in [1.54, 1.807) is 37.3 Å². The fourth-order valence-electron chi connectivity index (χ4n) is 1.48. The molecule has 5 nitrogen and oxygen atoms in total. The summed E-state index contributed by atoms with van der Waals surface area (Å²) in [6, 6.07) is 8.11. The van der Waals surface area contributed by atoms with Crippen molar-refractivity contribution in [2.24, 2.45) is 4.36 Å². The summed E-state index contributed by atoms with van der Waals surface area (Å²) in [5, 5.41) is 9.16. The maximum absolute atomic E-state index is 11.2. The van der Waals surface area contributed by atoms with E-state index in [1.807, 2.05) is 0 Å². The average Bonchev–Trinajstić information content (AvgIpc) is 2.26. The molecule has 0 saturated carbocycles. The lowest BCUT2D eigenvalue weighted by Crippen LogP contribution is -2.32. The van der Waals surface area contributed by atoms with E-state index in [4.69, 9.17) is 5.11 Å². The van der Waals surface area contributed by atoms with Crippen molar-refractivity contribution in [2.45, 2.75) is 18.9 Å². The normalized spacial score (nSPS) is 13.8. The largest absolute Gasteiger partial charge is 0.479 e. The number of carboxylic acids is 1. The summed E-state index contributed by atoms with van der Waals surface area (Å²) in [5.41, 5.74) is -1.36. The van der Waals surface area contributed by atoms with Crippen LogP contribution < -0.4 is 0 Å². The molecule has 16 heavy (non-hydrogen) atoms. The number of nitrogens with zero attached hydrogens (tertiary/aromatic N) is 1. The molecule has 0 heterocycles. The molecule has 0 fully saturated rings. The number of benzene rings is 1. The molecule has 0 aliphatic rings. The lowest BCUT2D eigenvalue weighted by Gasteiger charge is -2.21. The zero-order valence-corrected chi connectivity index (χ0v) is 9.44. The lowest BCUT2D eigenvalue weighted by atomic mass is 9.88. The molecule has 0 aliphatic heterocycles. The fraction of sp³-hybridized carbons (Fsp3) is 0.300. The molecule has 0 aromatic heterocycles. The van der Waals surface area contributed by atoms with Crippen molar-refractivity contribution in [2.75, 3.05) is 0 Å². The molecule has 1 atom stereocenters. The Morgan fingerprint density at radius 1 is 1.38 bits per heavy atom. The molecule has 1 rings (SSSR count). The predicted molar refractivity (Wildman–Crippen MR) is 57.4 cm³/mol. The second-order valence-corrected chi connectivity index (χ2v) is 3.81. The van der Waals surface area contributed by atoms with Gasteiger partial charge < -0.3 is 5.11 Å². The molecule has 0 spiro atoms. The fourth-order valence-corrected chi connectivity index (χ4v) is 2.04. The molecule has 0 bridgehead atoms. The van der Waals surface area contributed by atoms with E-state index in [2.05, 4.69) is 4.36 Å². The number of hydrogen-bond acceptors (Lipinski definition) is 4. The standard InChI is InChI=1S/C10H11NO4S/c1-2-10(9(12)13,11-16(14)15)8-6-4-3-5-7-8/h3-7H,2H2,1H3,(H,12,13). The van der Waals surface area contributed by atoms with Crippen molar-refractivity contribution in [3.05, 3.63) is 35.9 Å². The first-order chi connectivity index (χ1) is 7.53. The molecule has 1 unspecified atom stereocenters. The highest BCUT2D eigenvalue weighted by atomic mass is 32.2. The zero-order valence-electron chi connectivity index (χ0n) is 8.62. The van der Waals surface area contributed by atoms with E-state index < -0.39 is 22.0 Å². The van der Waals surface area contributed by atoms with Crippen molar-refractivity contribution < 1.29 is 18.3 Å². The Morgan fingerprint density at radius 2 is 1.94 bits per heavy atom. The van der Waals surface area contributed by atoms with Crippen molar-refractivity contribution in [3.63, 3.8) is 0 Å². The SMILES string of the molecule is CCC(N=S(=O)=O)(C(=O)O)c1ccccc1. The number of carboxylic acid groups (broad SMARTS) is 1. The highest BCUT2D eigenvalue weighted by molar-refractivity contribution is 7.61. The maximum Gasteiger partial charge on any atom is 0.337 e. The molecular formula is C10H11NO4S. The number of aliphatic carboxylic acids is 1. The minimum atomic E-state index is -2.76. The van der Waals surface area contributed by atoms with Gasteiger partial charge in [0.15, 0.2) is 5.54 Å². The van der Waals surface area contributed by atoms with Crippen LogP contribution in [0.15, 0.2) is 34.7 Å². The van der Waals surface area contributed by atoms with E-state index in [0.717, 1.165) is 0 Å². The van der Waals surface area contributed by atoms with Gasteiger partial charge in [-0.25, -0.2) is 4.79 Å². The maximum atomic E-state index is 11.2. The van der Waals surface area contributed by atoms with Crippen molar-refractivity contribution in [3.8, 4) is 0 Å². The van der Waals surface area contributed by atoms with E-state index in [9.17, 15) is 13.2 Å². The van der Waals surface area contributed by atoms with Crippen LogP contribution in [0.1, 0.15) is 18.9 Å². The van der Waals surface area contributed by atoms with Gasteiger partial charge in [-0.3, -0.25) is 0 Å². The Labute approximate surface area is 94.4 Å². The van der Waals surface area contributed by atoms with Gasteiger partial charge in [0.2, 0.25) is 0 Å². The van der Waals surface area contributed by atoms with E-state index in [1.165, 1.54) is 0 Å². The van der Waals surface area contributed by atoms with Crippen molar-refractivity contribution in [1.82, 2.24) is 0 Å². The number of hydrogen-bond donors (Lipinski definition) is 1. The third kappa shape index (κ3) is 2.27. The summed E-state index contributed by atoms with van der Waals surface area (Å²) in [5.74, 6) is -1.27. The van der Waals surface area contributed by atoms with Gasteiger partial charge in [-0.05, 0) is 12.0 Å². The topological polar surface area (TPSA) is 83.8 Å². The summed E-state index contributed by atoms with van der Waals surface area (Å²) < 4.78 is 24.6. The highest BCUT2D eigenvalue weighted by Crippen LogP contribution is 2.29. The molecule has 0 radical (unpaired) electrons. The van der Waals surface area contributed by atoms with Gasteiger partial charge in [0.25, 0.3) is 0 Å². The Bertz CT molecular complexity index is 501. The van der Waals surface area contributed by atoms with Gasteiger partial charge in [0.05, 0.1) is 0 Å². The molecule has 0 aliphatic carbocycles. The van der Waals surface area contributed by atoms with Crippen molar-refractivity contribution >= 4 is 16.5 Å². The summed E-state index contributed by atoms with van der Waals surface area (Å²) in [6.07, 6.45) is 0.0698. The summed E-state index contributed by atoms with van der Waals surface area (Å²) in [6.45, 7) is 1.58. The minimum absolute atomic E-state index is 0.0698. The minimum Gasteiger partial charge on any atom is -0.479 e. The molecule has 1 aromatic carbocycles. The monoisotopic (exact) mass is 241 g/mol. The van der Waals surface area contributed by atoms with Crippen LogP contribution in [0.25, 0.3) is 0 Å². The molecule has 1 aromatic rings. The molecule has 0 amide bonds. The van der Waals surface area contributed by atoms with Crippen LogP contribution in [0, 0.1) is 0 Å². The summed E-state index contributed by atoms with van der Waals surface area (Å²) >= 11 is 0. The van der Waals surface area contributed by atoms with E-state index in [-0.39, 0.29) is 6.42 Å². The van der Waals surface area contributed by atoms with Gasteiger partial charge in [-0.15, -0.1) is 4.36 Å². The second-order valence-electron chi connectivity index (χ2n) is 3.19. The quantitative estimate of drug-likeness (QED) is 0.864. The van der Waals surface area contributed by atoms with Crippen LogP contribution in [0.3, 0.4) is 0 Å². The van der Waals surface area contributed by atoms with Gasteiger partial charge in [-0.2, -0.15) is 8.42 Å². The molecule has 86 valence electrons. The first-order valence-corrected chi connectivity index (χ1v) is 5.67. The Kier molecular flexibility index (Phi) is 3.78. The number of rotatable bonds is 4. The molecule has 0 saturated heterocycles. The third-order valence-corrected chi connectivity index (χ3v) is 2.81. The number of carbonyl (C=O) groups is 1. The summed E-state index contributed by atoms with van der Waals surface area (Å²) in [7, 11) is -2.76. The van der Waals surface area contributed by atoms with Crippen LogP contribution in [0.4, 0.5) is 0 Å². The second kappa shape index (κ2) is 4.89. The lowest BCUT2D eigenvalue weighted by molar-refractivity contribution is -0.143. The van der Waals surface area contributed by atoms with Gasteiger partial charge in [-0.1, -0.05) is 37.3 Å². The first kappa shape index (κ1) is 12.4. The van der Waals surface area contributed by atoms with Gasteiger partial charge in [0, 0.05) is 0 Å². The van der Waals surface area contributed by atoms with Gasteiger partial charge >= 0.3 is 16.5 Å². The van der Waals surface area contributed by atoms with E-state index in [0.29, 0.717) is 5.56 Å². The third-order valence-electron chi connectivity index (χ3n) is 2.35. The van der Waals surface area contributed by atoms with Crippen LogP contribution in [-0.2, 0) is 20.8 Å². The smallest absolute Gasteiger partial charge is 0.337 e. The Morgan fingerprint density at radius 3 is 2.31 bits per heavy atom. The van der Waals surface area contributed by atoms with E-state index >= 15 is 0 Å². The van der Waals surface area contributed by atoms with Crippen molar-refractivity contribution in [1.29, 1.82) is 0 Å². The average molecular weight is 241 g/mol. The zero-order chi connectivity index (χ0) is 12.2. The Hall–Kier alpha value is -1.69. The van der Waals surface area contributed by atoms with Crippen LogP contribution >= 0.6 is 0 Å². The molecule has 1 N–H and O–H groups in total. The van der Waals surface area contributed by atoms with Crippen LogP contribution in [0.2, 0.25) is 0 Å². The van der Waals surface area contributed by atoms with Crippen LogP contribution in [0.5, 0.6) is 0 Å². The first-order valence-electron chi connectivity index (χ1n) is 4.64. The predicted octanol–water partition coefficient (Wildman–Crippen LogP) is 1.44. The molecular weight excluding hydrogens is 230 g/mol. The highest BCUT2D eigenvalue weighted by Gasteiger charge is 2.39. The van der Waals surface area contributed by atoms with Crippen LogP contribution in [-0.4, -0.2) is 19.5 Å².